The van der Waals surface area contributed by atoms with Crippen molar-refractivity contribution in [2.75, 3.05) is 0 Å². The first-order valence-corrected chi connectivity index (χ1v) is 10.9. The summed E-state index contributed by atoms with van der Waals surface area (Å²) in [6, 6.07) is 0. The van der Waals surface area contributed by atoms with Crippen LogP contribution in [0.3, 0.4) is 0 Å². The van der Waals surface area contributed by atoms with Crippen LogP contribution in [0.2, 0.25) is 0 Å². The van der Waals surface area contributed by atoms with E-state index in [1.54, 1.807) is 0 Å². The highest BCUT2D eigenvalue weighted by Gasteiger charge is 2.30. The lowest BCUT2D eigenvalue weighted by Gasteiger charge is -2.36. The first kappa shape index (κ1) is 23.0. The Balaban J connectivity index is 3.78. The molecule has 0 rings (SSSR count). The number of nitrogens with two attached hydrogens (primary N) is 1. The second kappa shape index (κ2) is 15.5. The zero-order chi connectivity index (χ0) is 17.4. The molecule has 0 bridgehead atoms. The standard InChI is InChI=1S/C22H47N/c1-5-9-11-12-13-14-15-16-17-18-20-21(19-10-6-2)22(23,7-3)8-4/h21H,5-20,23H2,1-4H3. The monoisotopic (exact) mass is 325 g/mol. The van der Waals surface area contributed by atoms with E-state index in [0.717, 1.165) is 18.8 Å². The summed E-state index contributed by atoms with van der Waals surface area (Å²) >= 11 is 0. The largest absolute Gasteiger partial charge is 0.325 e. The van der Waals surface area contributed by atoms with Crippen LogP contribution in [-0.2, 0) is 0 Å². The fourth-order valence-electron chi connectivity index (χ4n) is 3.88. The summed E-state index contributed by atoms with van der Waals surface area (Å²) in [4.78, 5) is 0. The minimum absolute atomic E-state index is 0.0917. The molecule has 23 heavy (non-hydrogen) atoms. The molecule has 0 aromatic carbocycles. The number of hydrogen-bond donors (Lipinski definition) is 1. The average molecular weight is 326 g/mol. The molecule has 140 valence electrons. The molecule has 0 heterocycles. The second-order valence-electron chi connectivity index (χ2n) is 7.75. The zero-order valence-electron chi connectivity index (χ0n) is 17.0. The molecular weight excluding hydrogens is 278 g/mol. The Labute approximate surface area is 148 Å². The first-order chi connectivity index (χ1) is 11.1. The van der Waals surface area contributed by atoms with E-state index in [9.17, 15) is 0 Å². The Bertz CT molecular complexity index is 232. The number of unbranched alkanes of at least 4 members (excludes halogenated alkanes) is 10. The van der Waals surface area contributed by atoms with Gasteiger partial charge in [-0.3, -0.25) is 0 Å². The van der Waals surface area contributed by atoms with Crippen LogP contribution < -0.4 is 5.73 Å². The van der Waals surface area contributed by atoms with Crippen molar-refractivity contribution in [3.05, 3.63) is 0 Å². The number of hydrogen-bond acceptors (Lipinski definition) is 1. The van der Waals surface area contributed by atoms with Crippen molar-refractivity contribution in [1.29, 1.82) is 0 Å². The Morgan fingerprint density at radius 1 is 0.565 bits per heavy atom. The third-order valence-corrected chi connectivity index (χ3v) is 5.94. The van der Waals surface area contributed by atoms with Crippen LogP contribution in [-0.4, -0.2) is 5.54 Å². The minimum atomic E-state index is 0.0917. The molecule has 1 atom stereocenters. The van der Waals surface area contributed by atoms with E-state index in [-0.39, 0.29) is 5.54 Å². The van der Waals surface area contributed by atoms with Crippen LogP contribution >= 0.6 is 0 Å². The van der Waals surface area contributed by atoms with Gasteiger partial charge in [0.1, 0.15) is 0 Å². The van der Waals surface area contributed by atoms with E-state index in [2.05, 4.69) is 27.7 Å². The maximum absolute atomic E-state index is 6.70. The van der Waals surface area contributed by atoms with E-state index < -0.39 is 0 Å². The fraction of sp³-hybridized carbons (Fsp3) is 1.00. The maximum atomic E-state index is 6.70. The second-order valence-corrected chi connectivity index (χ2v) is 7.75. The molecular formula is C22H47N. The Hall–Kier alpha value is -0.0400. The first-order valence-electron chi connectivity index (χ1n) is 10.9. The molecule has 0 aliphatic carbocycles. The zero-order valence-corrected chi connectivity index (χ0v) is 17.0. The molecule has 0 saturated heterocycles. The summed E-state index contributed by atoms with van der Waals surface area (Å²) in [6.45, 7) is 9.15. The van der Waals surface area contributed by atoms with Crippen molar-refractivity contribution in [2.45, 2.75) is 136 Å². The van der Waals surface area contributed by atoms with E-state index >= 15 is 0 Å². The SMILES string of the molecule is CCCCCCCCCCCCC(CCCC)C(N)(CC)CC. The molecule has 0 spiro atoms. The fourth-order valence-corrected chi connectivity index (χ4v) is 3.88. The molecule has 1 unspecified atom stereocenters. The maximum Gasteiger partial charge on any atom is 0.0177 e. The number of rotatable bonds is 17. The predicted octanol–water partition coefficient (Wildman–Crippen LogP) is 7.62. The molecule has 0 radical (unpaired) electrons. The van der Waals surface area contributed by atoms with E-state index in [4.69, 9.17) is 5.73 Å². The molecule has 0 saturated carbocycles. The molecule has 1 heteroatoms. The Kier molecular flexibility index (Phi) is 15.5. The summed E-state index contributed by atoms with van der Waals surface area (Å²) in [7, 11) is 0. The summed E-state index contributed by atoms with van der Waals surface area (Å²) in [5, 5.41) is 0. The van der Waals surface area contributed by atoms with Gasteiger partial charge in [-0.2, -0.15) is 0 Å². The third-order valence-electron chi connectivity index (χ3n) is 5.94. The van der Waals surface area contributed by atoms with Crippen LogP contribution in [0.1, 0.15) is 130 Å². The van der Waals surface area contributed by atoms with Crippen molar-refractivity contribution in [3.8, 4) is 0 Å². The van der Waals surface area contributed by atoms with Crippen molar-refractivity contribution in [2.24, 2.45) is 11.7 Å². The highest BCUT2D eigenvalue weighted by Crippen LogP contribution is 2.31. The lowest BCUT2D eigenvalue weighted by Crippen LogP contribution is -2.46. The predicted molar refractivity (Wildman–Crippen MR) is 107 cm³/mol. The van der Waals surface area contributed by atoms with E-state index in [1.165, 1.54) is 89.9 Å². The third kappa shape index (κ3) is 11.2. The summed E-state index contributed by atoms with van der Waals surface area (Å²) in [6.07, 6.45) is 21.9. The van der Waals surface area contributed by atoms with Gasteiger partial charge in [-0.1, -0.05) is 105 Å². The summed E-state index contributed by atoms with van der Waals surface area (Å²) in [5.41, 5.74) is 6.79. The molecule has 0 aliphatic heterocycles. The highest BCUT2D eigenvalue weighted by atomic mass is 14.7. The minimum Gasteiger partial charge on any atom is -0.325 e. The van der Waals surface area contributed by atoms with Gasteiger partial charge in [-0.05, 0) is 31.6 Å². The van der Waals surface area contributed by atoms with Gasteiger partial charge >= 0.3 is 0 Å². The van der Waals surface area contributed by atoms with Crippen molar-refractivity contribution >= 4 is 0 Å². The Morgan fingerprint density at radius 3 is 1.39 bits per heavy atom. The molecule has 0 aromatic heterocycles. The van der Waals surface area contributed by atoms with Crippen LogP contribution in [0, 0.1) is 5.92 Å². The lowest BCUT2D eigenvalue weighted by atomic mass is 9.75. The molecule has 0 aromatic rings. The van der Waals surface area contributed by atoms with Gasteiger partial charge in [0.15, 0.2) is 0 Å². The molecule has 0 fully saturated rings. The average Bonchev–Trinajstić information content (AvgIpc) is 2.58. The normalized spacial score (nSPS) is 13.4. The van der Waals surface area contributed by atoms with Crippen molar-refractivity contribution in [1.82, 2.24) is 0 Å². The smallest absolute Gasteiger partial charge is 0.0177 e. The molecule has 0 amide bonds. The molecule has 0 aliphatic rings. The van der Waals surface area contributed by atoms with E-state index in [0.29, 0.717) is 0 Å². The summed E-state index contributed by atoms with van der Waals surface area (Å²) in [5.74, 6) is 0.742. The lowest BCUT2D eigenvalue weighted by molar-refractivity contribution is 0.214. The highest BCUT2D eigenvalue weighted by molar-refractivity contribution is 4.88. The van der Waals surface area contributed by atoms with Gasteiger partial charge in [0.25, 0.3) is 0 Å². The Morgan fingerprint density at radius 2 is 0.957 bits per heavy atom. The van der Waals surface area contributed by atoms with Crippen molar-refractivity contribution in [3.63, 3.8) is 0 Å². The van der Waals surface area contributed by atoms with Gasteiger partial charge in [-0.25, -0.2) is 0 Å². The van der Waals surface area contributed by atoms with Crippen LogP contribution in [0.4, 0.5) is 0 Å². The van der Waals surface area contributed by atoms with Crippen LogP contribution in [0.25, 0.3) is 0 Å². The van der Waals surface area contributed by atoms with Crippen LogP contribution in [0.15, 0.2) is 0 Å². The topological polar surface area (TPSA) is 26.0 Å². The van der Waals surface area contributed by atoms with Crippen LogP contribution in [0.5, 0.6) is 0 Å². The molecule has 2 N–H and O–H groups in total. The van der Waals surface area contributed by atoms with Gasteiger partial charge in [0.2, 0.25) is 0 Å². The van der Waals surface area contributed by atoms with Gasteiger partial charge in [0, 0.05) is 5.54 Å². The van der Waals surface area contributed by atoms with Gasteiger partial charge in [0.05, 0.1) is 0 Å². The summed E-state index contributed by atoms with van der Waals surface area (Å²) < 4.78 is 0. The quantitative estimate of drug-likeness (QED) is 0.273. The molecule has 1 nitrogen and oxygen atoms in total. The van der Waals surface area contributed by atoms with Crippen molar-refractivity contribution < 1.29 is 0 Å². The van der Waals surface area contributed by atoms with Gasteiger partial charge in [-0.15, -0.1) is 0 Å². The van der Waals surface area contributed by atoms with E-state index in [1.807, 2.05) is 0 Å². The van der Waals surface area contributed by atoms with Gasteiger partial charge < -0.3 is 5.73 Å².